The molecule has 1 N–H and O–H groups in total. The number of ether oxygens (including phenoxy) is 6. The van der Waals surface area contributed by atoms with E-state index in [4.69, 9.17) is 47.1 Å². The van der Waals surface area contributed by atoms with Crippen LogP contribution in [-0.2, 0) is 48.1 Å². The molecule has 1 aromatic carbocycles. The summed E-state index contributed by atoms with van der Waals surface area (Å²) in [5, 5.41) is 0. The fourth-order valence-corrected chi connectivity index (χ4v) is 8.82. The molecular weight excluding hydrogens is 757 g/mol. The van der Waals surface area contributed by atoms with Crippen molar-refractivity contribution in [2.75, 3.05) is 47.1 Å². The Bertz CT molecular complexity index is 1600. The number of hydrogen-bond donors (Lipinski definition) is 1. The minimum absolute atomic E-state index is 0.00847. The van der Waals surface area contributed by atoms with E-state index in [2.05, 4.69) is 37.3 Å². The molecule has 1 saturated heterocycles. The average molecular weight is 816 g/mol. The Balaban J connectivity index is 0.00000337. The van der Waals surface area contributed by atoms with Crippen LogP contribution in [0.15, 0.2) is 34.0 Å². The number of aromatic nitrogens is 2. The van der Waals surface area contributed by atoms with Crippen molar-refractivity contribution in [1.82, 2.24) is 14.2 Å². The molecule has 0 radical (unpaired) electrons. The first-order valence-electron chi connectivity index (χ1n) is 18.1. The molecule has 0 amide bonds. The number of methoxy groups -OCH3 is 3. The zero-order valence-electron chi connectivity index (χ0n) is 33.8. The van der Waals surface area contributed by atoms with E-state index in [9.17, 15) is 14.4 Å². The maximum atomic E-state index is 13.7. The van der Waals surface area contributed by atoms with Crippen molar-refractivity contribution >= 4 is 32.4 Å². The highest BCUT2D eigenvalue weighted by Crippen LogP contribution is 2.52. The summed E-state index contributed by atoms with van der Waals surface area (Å²) in [4.78, 5) is 56.7. The summed E-state index contributed by atoms with van der Waals surface area (Å²) in [5.41, 5.74) is -0.289. The van der Waals surface area contributed by atoms with E-state index < -0.39 is 55.7 Å². The van der Waals surface area contributed by atoms with Gasteiger partial charge in [0, 0.05) is 42.8 Å². The third-order valence-corrected chi connectivity index (χ3v) is 11.8. The van der Waals surface area contributed by atoms with Crippen molar-refractivity contribution in [2.24, 2.45) is 5.41 Å². The molecule has 0 bridgehead atoms. The smallest absolute Gasteiger partial charge is 0.373 e. The first kappa shape index (κ1) is 48.0. The van der Waals surface area contributed by atoms with Gasteiger partial charge in [0.15, 0.2) is 6.23 Å². The molecule has 0 aliphatic carbocycles. The van der Waals surface area contributed by atoms with Gasteiger partial charge < -0.3 is 37.5 Å². The van der Waals surface area contributed by atoms with Crippen LogP contribution >= 0.6 is 20.3 Å². The summed E-state index contributed by atoms with van der Waals surface area (Å²) in [6.45, 7) is 16.1. The Morgan fingerprint density at radius 2 is 1.65 bits per heavy atom. The molecule has 1 aliphatic rings. The SMILES string of the molecule is CCOC(=O)C(CC)(COCSCc1c(OC)cc(C)cc1OC)COP(OC1[C@@H](CC)O[C@@H](n2ccc(=O)[nH]c2=O)[C@H]1OC)N(C(C)C)C(C)C.O=C=O. The fourth-order valence-electron chi connectivity index (χ4n) is 6.16. The third-order valence-electron chi connectivity index (χ3n) is 8.92. The van der Waals surface area contributed by atoms with Crippen molar-refractivity contribution in [3.63, 3.8) is 0 Å². The van der Waals surface area contributed by atoms with Gasteiger partial charge in [0.2, 0.25) is 0 Å². The number of aromatic amines is 1. The van der Waals surface area contributed by atoms with Gasteiger partial charge in [0.25, 0.3) is 14.1 Å². The summed E-state index contributed by atoms with van der Waals surface area (Å²) in [5.74, 6) is 1.95. The van der Waals surface area contributed by atoms with Gasteiger partial charge >= 0.3 is 17.8 Å². The first-order valence-corrected chi connectivity index (χ1v) is 20.4. The maximum absolute atomic E-state index is 13.7. The fraction of sp³-hybridized carbons (Fsp3) is 0.676. The predicted octanol–water partition coefficient (Wildman–Crippen LogP) is 5.22. The minimum Gasteiger partial charge on any atom is -0.496 e. The summed E-state index contributed by atoms with van der Waals surface area (Å²) >= 11 is 1.54. The maximum Gasteiger partial charge on any atom is 0.373 e. The van der Waals surface area contributed by atoms with E-state index in [0.29, 0.717) is 24.5 Å². The first-order chi connectivity index (χ1) is 26.2. The second kappa shape index (κ2) is 23.8. The largest absolute Gasteiger partial charge is 0.496 e. The molecule has 2 aromatic rings. The van der Waals surface area contributed by atoms with E-state index >= 15 is 0 Å². The lowest BCUT2D eigenvalue weighted by Gasteiger charge is -2.40. The van der Waals surface area contributed by atoms with Crippen molar-refractivity contribution in [3.05, 3.63) is 56.4 Å². The van der Waals surface area contributed by atoms with E-state index in [1.165, 1.54) is 35.7 Å². The highest BCUT2D eigenvalue weighted by Gasteiger charge is 2.49. The average Bonchev–Trinajstić information content (AvgIpc) is 3.49. The quantitative estimate of drug-likeness (QED) is 0.0707. The molecule has 1 aliphatic heterocycles. The molecule has 310 valence electrons. The molecule has 1 aromatic heterocycles. The van der Waals surface area contributed by atoms with Crippen LogP contribution in [0, 0.1) is 12.3 Å². The van der Waals surface area contributed by atoms with Gasteiger partial charge in [-0.1, -0.05) is 13.8 Å². The van der Waals surface area contributed by atoms with Gasteiger partial charge in [0.05, 0.1) is 46.1 Å². The third kappa shape index (κ3) is 13.0. The molecule has 6 atom stereocenters. The molecule has 1 fully saturated rings. The van der Waals surface area contributed by atoms with Crippen molar-refractivity contribution in [2.45, 2.75) is 111 Å². The number of rotatable bonds is 22. The Labute approximate surface area is 328 Å². The van der Waals surface area contributed by atoms with Crippen LogP contribution in [0.4, 0.5) is 0 Å². The molecule has 18 heteroatoms. The minimum atomic E-state index is -1.82. The number of esters is 1. The van der Waals surface area contributed by atoms with Crippen molar-refractivity contribution < 1.29 is 51.9 Å². The van der Waals surface area contributed by atoms with Crippen molar-refractivity contribution in [1.29, 1.82) is 0 Å². The number of carbonyl (C=O) groups is 1. The van der Waals surface area contributed by atoms with Crippen LogP contribution in [0.25, 0.3) is 0 Å². The number of benzene rings is 1. The molecule has 0 spiro atoms. The van der Waals surface area contributed by atoms with Gasteiger partial charge in [-0.15, -0.1) is 11.8 Å². The Morgan fingerprint density at radius 3 is 2.15 bits per heavy atom. The number of aryl methyl sites for hydroxylation is 1. The Hall–Kier alpha value is -3.11. The van der Waals surface area contributed by atoms with Crippen LogP contribution in [0.3, 0.4) is 0 Å². The van der Waals surface area contributed by atoms with Crippen LogP contribution < -0.4 is 20.7 Å². The number of nitrogens with zero attached hydrogens (tertiary/aromatic N) is 2. The lowest BCUT2D eigenvalue weighted by molar-refractivity contribution is -0.191. The standard InChI is InChI=1S/C36H58N3O11PS.CO2/c1-12-27-31(32(45-11)33(49-27)38-16-15-30(40)37-35(38)42)50-51(39(23(4)5)24(6)7)48-21-36(13-2,34(41)47-14-3)20-46-22-52-19-26-28(43-9)17-25(8)18-29(26)44-10;2-1-3/h15-18,23-24,27,31-33H,12-14,19-22H2,1-11H3,(H,37,40,42);/t27-,31?,32+,33-,36?,51?;/m1./s1. The molecule has 2 heterocycles. The summed E-state index contributed by atoms with van der Waals surface area (Å²) in [6, 6.07) is 5.22. The van der Waals surface area contributed by atoms with Crippen LogP contribution in [0.5, 0.6) is 11.5 Å². The number of H-pyrrole nitrogens is 1. The summed E-state index contributed by atoms with van der Waals surface area (Å²) in [6.07, 6.45) is -0.0862. The van der Waals surface area contributed by atoms with Gasteiger partial charge in [-0.05, 0) is 72.1 Å². The molecule has 0 saturated carbocycles. The Kier molecular flexibility index (Phi) is 20.8. The Morgan fingerprint density at radius 1 is 1.04 bits per heavy atom. The number of hydrogen-bond acceptors (Lipinski definition) is 15. The highest BCUT2D eigenvalue weighted by atomic mass is 32.2. The highest BCUT2D eigenvalue weighted by molar-refractivity contribution is 7.98. The molecule has 55 heavy (non-hydrogen) atoms. The van der Waals surface area contributed by atoms with Crippen molar-refractivity contribution in [3.8, 4) is 11.5 Å². The number of thioether (sulfide) groups is 1. The van der Waals surface area contributed by atoms with Crippen LogP contribution in [0.1, 0.15) is 78.7 Å². The van der Waals surface area contributed by atoms with E-state index in [0.717, 1.165) is 22.6 Å². The zero-order chi connectivity index (χ0) is 41.3. The topological polar surface area (TPSA) is 183 Å². The normalized spacial score (nSPS) is 19.7. The zero-order valence-corrected chi connectivity index (χ0v) is 35.5. The van der Waals surface area contributed by atoms with E-state index in [1.807, 2.05) is 32.9 Å². The van der Waals surface area contributed by atoms with Gasteiger partial charge in [0.1, 0.15) is 29.1 Å². The van der Waals surface area contributed by atoms with Gasteiger partial charge in [-0.25, -0.2) is 9.46 Å². The molecule has 16 nitrogen and oxygen atoms in total. The monoisotopic (exact) mass is 815 g/mol. The second-order valence-corrected chi connectivity index (χ2v) is 15.6. The number of nitrogens with one attached hydrogen (secondary N) is 1. The second-order valence-electron chi connectivity index (χ2n) is 13.2. The van der Waals surface area contributed by atoms with E-state index in [-0.39, 0.29) is 38.1 Å². The van der Waals surface area contributed by atoms with Crippen LogP contribution in [0.2, 0.25) is 0 Å². The number of carbonyl (C=O) groups excluding carboxylic acids is 3. The summed E-state index contributed by atoms with van der Waals surface area (Å²) < 4.78 is 52.2. The lowest BCUT2D eigenvalue weighted by Crippen LogP contribution is -2.43. The molecule has 3 unspecified atom stereocenters. The molecular formula is C37H58N3O13PS. The van der Waals surface area contributed by atoms with Crippen LogP contribution in [-0.4, -0.2) is 104 Å². The molecule has 3 rings (SSSR count). The summed E-state index contributed by atoms with van der Waals surface area (Å²) in [7, 11) is 2.98. The van der Waals surface area contributed by atoms with Gasteiger partial charge in [-0.3, -0.25) is 19.1 Å². The lowest BCUT2D eigenvalue weighted by atomic mass is 9.87. The predicted molar refractivity (Wildman–Crippen MR) is 207 cm³/mol. The van der Waals surface area contributed by atoms with Gasteiger partial charge in [-0.2, -0.15) is 9.59 Å². The van der Waals surface area contributed by atoms with E-state index in [1.54, 1.807) is 21.1 Å².